The summed E-state index contributed by atoms with van der Waals surface area (Å²) in [6.45, 7) is 12.6. The molecule has 0 saturated carbocycles. The minimum absolute atomic E-state index is 0.0430. The number of nitrogens with zero attached hydrogens (tertiary/aromatic N) is 6. The van der Waals surface area contributed by atoms with Gasteiger partial charge in [-0.1, -0.05) is 35.8 Å². The van der Waals surface area contributed by atoms with Gasteiger partial charge in [0.15, 0.2) is 0 Å². The normalized spacial score (nSPS) is 11.4. The standard InChI is InChI=1S/C42H42F2N8O4/c1-41(2,3)16-14-29-26-49(7)47-39(29)35-23-33(51(53)54)10-12-37(35)45-18-8-9-19-50-27-30(15-17-42(4,5)6)40(48-50)36-24-34(52(55)56)11-13-38(36)46-25-28-20-31(43)22-32(44)21-28/h8-13,20-24,26-27,45-46H,18-19,25H2,1-7H3/b9-8+. The van der Waals surface area contributed by atoms with E-state index in [-0.39, 0.29) is 28.7 Å². The molecule has 0 fully saturated rings. The molecule has 288 valence electrons. The second kappa shape index (κ2) is 16.7. The van der Waals surface area contributed by atoms with E-state index in [1.807, 2.05) is 53.7 Å². The zero-order valence-electron chi connectivity index (χ0n) is 32.2. The molecule has 2 heterocycles. The fourth-order valence-electron chi connectivity index (χ4n) is 5.43. The summed E-state index contributed by atoms with van der Waals surface area (Å²) in [7, 11) is 1.77. The summed E-state index contributed by atoms with van der Waals surface area (Å²) in [4.78, 5) is 22.6. The molecule has 14 heteroatoms. The fraction of sp³-hybridized carbons (Fsp3) is 0.286. The molecule has 0 atom stereocenters. The Morgan fingerprint density at radius 2 is 1.25 bits per heavy atom. The molecule has 2 aromatic heterocycles. The van der Waals surface area contributed by atoms with Crippen molar-refractivity contribution in [2.45, 2.75) is 54.6 Å². The molecule has 0 unspecified atom stereocenters. The average Bonchev–Trinajstić information content (AvgIpc) is 3.70. The maximum Gasteiger partial charge on any atom is 0.270 e. The van der Waals surface area contributed by atoms with Crippen LogP contribution in [0.2, 0.25) is 0 Å². The van der Waals surface area contributed by atoms with E-state index in [2.05, 4.69) is 39.4 Å². The molecule has 0 spiro atoms. The van der Waals surface area contributed by atoms with Gasteiger partial charge in [0.05, 0.1) is 27.5 Å². The predicted octanol–water partition coefficient (Wildman–Crippen LogP) is 9.12. The van der Waals surface area contributed by atoms with Crippen molar-refractivity contribution in [2.24, 2.45) is 17.9 Å². The van der Waals surface area contributed by atoms with Gasteiger partial charge in [-0.2, -0.15) is 10.2 Å². The number of halogens is 2. The molecule has 0 aliphatic heterocycles. The number of anilines is 2. The zero-order valence-corrected chi connectivity index (χ0v) is 32.2. The number of nitrogens with one attached hydrogen (secondary N) is 2. The van der Waals surface area contributed by atoms with Crippen LogP contribution in [0, 0.1) is 66.4 Å². The fourth-order valence-corrected chi connectivity index (χ4v) is 5.43. The second-order valence-corrected chi connectivity index (χ2v) is 15.1. The van der Waals surface area contributed by atoms with E-state index in [0.29, 0.717) is 63.7 Å². The quantitative estimate of drug-likeness (QED) is 0.0554. The van der Waals surface area contributed by atoms with Gasteiger partial charge in [-0.15, -0.1) is 0 Å². The number of aryl methyl sites for hydroxylation is 1. The summed E-state index contributed by atoms with van der Waals surface area (Å²) in [6, 6.07) is 12.0. The molecule has 5 aromatic rings. The number of hydrogen-bond acceptors (Lipinski definition) is 8. The molecular formula is C42H42F2N8O4. The lowest BCUT2D eigenvalue weighted by molar-refractivity contribution is -0.385. The van der Waals surface area contributed by atoms with Gasteiger partial charge >= 0.3 is 0 Å². The summed E-state index contributed by atoms with van der Waals surface area (Å²) in [5, 5.41) is 39.4. The van der Waals surface area contributed by atoms with E-state index in [0.717, 1.165) is 6.07 Å². The number of nitro groups is 2. The van der Waals surface area contributed by atoms with Gasteiger partial charge in [0.25, 0.3) is 11.4 Å². The first-order chi connectivity index (χ1) is 26.3. The van der Waals surface area contributed by atoms with E-state index < -0.39 is 21.5 Å². The van der Waals surface area contributed by atoms with Crippen LogP contribution < -0.4 is 10.6 Å². The highest BCUT2D eigenvalue weighted by Gasteiger charge is 2.20. The molecule has 0 aliphatic rings. The van der Waals surface area contributed by atoms with Crippen LogP contribution in [-0.4, -0.2) is 36.0 Å². The Morgan fingerprint density at radius 1 is 0.732 bits per heavy atom. The molecule has 0 bridgehead atoms. The number of benzene rings is 3. The van der Waals surface area contributed by atoms with Crippen LogP contribution in [0.15, 0.2) is 79.1 Å². The van der Waals surface area contributed by atoms with Gasteiger partial charge in [-0.25, -0.2) is 8.78 Å². The molecule has 0 amide bonds. The highest BCUT2D eigenvalue weighted by Crippen LogP contribution is 2.35. The summed E-state index contributed by atoms with van der Waals surface area (Å²) in [6.07, 6.45) is 7.30. The Kier molecular flexibility index (Phi) is 12.0. The highest BCUT2D eigenvalue weighted by atomic mass is 19.1. The van der Waals surface area contributed by atoms with Crippen molar-refractivity contribution in [3.8, 4) is 46.2 Å². The van der Waals surface area contributed by atoms with Crippen molar-refractivity contribution >= 4 is 22.7 Å². The van der Waals surface area contributed by atoms with Crippen molar-refractivity contribution in [2.75, 3.05) is 17.2 Å². The van der Waals surface area contributed by atoms with Crippen LogP contribution in [0.4, 0.5) is 31.5 Å². The second-order valence-electron chi connectivity index (χ2n) is 15.1. The van der Waals surface area contributed by atoms with E-state index in [4.69, 9.17) is 5.10 Å². The lowest BCUT2D eigenvalue weighted by atomic mass is 9.97. The molecular weight excluding hydrogens is 719 g/mol. The van der Waals surface area contributed by atoms with Crippen LogP contribution in [0.1, 0.15) is 58.2 Å². The largest absolute Gasteiger partial charge is 0.381 e. The van der Waals surface area contributed by atoms with Crippen LogP contribution in [0.5, 0.6) is 0 Å². The first-order valence-corrected chi connectivity index (χ1v) is 17.7. The highest BCUT2D eigenvalue weighted by molar-refractivity contribution is 5.82. The first-order valence-electron chi connectivity index (χ1n) is 17.7. The number of rotatable bonds is 12. The van der Waals surface area contributed by atoms with E-state index in [9.17, 15) is 29.0 Å². The Hall–Kier alpha value is -6.80. The van der Waals surface area contributed by atoms with E-state index in [1.165, 1.54) is 42.5 Å². The molecule has 0 aliphatic carbocycles. The Morgan fingerprint density at radius 3 is 1.79 bits per heavy atom. The lowest BCUT2D eigenvalue weighted by Gasteiger charge is -2.12. The van der Waals surface area contributed by atoms with Gasteiger partial charge in [-0.3, -0.25) is 29.6 Å². The smallest absolute Gasteiger partial charge is 0.270 e. The minimum Gasteiger partial charge on any atom is -0.381 e. The Balaban J connectivity index is 1.42. The van der Waals surface area contributed by atoms with Crippen molar-refractivity contribution in [3.05, 3.63) is 128 Å². The van der Waals surface area contributed by atoms with Crippen LogP contribution in [0.25, 0.3) is 22.5 Å². The van der Waals surface area contributed by atoms with Crippen molar-refractivity contribution in [1.82, 2.24) is 19.6 Å². The van der Waals surface area contributed by atoms with Gasteiger partial charge in [-0.05, 0) is 71.4 Å². The zero-order chi connectivity index (χ0) is 40.8. The topological polar surface area (TPSA) is 146 Å². The Labute approximate surface area is 323 Å². The van der Waals surface area contributed by atoms with Gasteiger partial charge in [0.2, 0.25) is 0 Å². The first kappa shape index (κ1) is 40.4. The number of aromatic nitrogens is 4. The molecule has 3 aromatic carbocycles. The van der Waals surface area contributed by atoms with Gasteiger partial charge in [0, 0.05) is 96.2 Å². The average molecular weight is 761 g/mol. The summed E-state index contributed by atoms with van der Waals surface area (Å²) in [5.41, 5.74) is 3.59. The van der Waals surface area contributed by atoms with Crippen LogP contribution in [-0.2, 0) is 20.1 Å². The third kappa shape index (κ3) is 10.9. The Bertz CT molecular complexity index is 2430. The van der Waals surface area contributed by atoms with Crippen molar-refractivity contribution in [3.63, 3.8) is 0 Å². The number of hydrogen-bond donors (Lipinski definition) is 2. The number of allylic oxidation sites excluding steroid dienone is 1. The van der Waals surface area contributed by atoms with Crippen molar-refractivity contribution < 1.29 is 18.6 Å². The molecule has 56 heavy (non-hydrogen) atoms. The SMILES string of the molecule is Cn1cc(C#CC(C)(C)C)c(-c2cc([N+](=O)[O-])ccc2NC/C=C/Cn2cc(C#CC(C)(C)C)c(-c3cc([N+](=O)[O-])ccc3NCc3cc(F)cc(F)c3)n2)n1. The maximum absolute atomic E-state index is 13.9. The van der Waals surface area contributed by atoms with E-state index >= 15 is 0 Å². The molecule has 2 N–H and O–H groups in total. The van der Waals surface area contributed by atoms with Crippen LogP contribution >= 0.6 is 0 Å². The van der Waals surface area contributed by atoms with E-state index in [1.54, 1.807) is 34.9 Å². The molecule has 0 saturated heterocycles. The monoisotopic (exact) mass is 760 g/mol. The number of non-ortho nitro benzene ring substituents is 2. The van der Waals surface area contributed by atoms with Gasteiger partial charge in [0.1, 0.15) is 23.0 Å². The molecule has 5 rings (SSSR count). The third-order valence-corrected chi connectivity index (χ3v) is 7.95. The summed E-state index contributed by atoms with van der Waals surface area (Å²) >= 11 is 0. The molecule has 0 radical (unpaired) electrons. The third-order valence-electron chi connectivity index (χ3n) is 7.95. The maximum atomic E-state index is 13.9. The predicted molar refractivity (Wildman–Crippen MR) is 214 cm³/mol. The summed E-state index contributed by atoms with van der Waals surface area (Å²) in [5.74, 6) is 11.3. The van der Waals surface area contributed by atoms with Gasteiger partial charge < -0.3 is 10.6 Å². The van der Waals surface area contributed by atoms with Crippen LogP contribution in [0.3, 0.4) is 0 Å². The minimum atomic E-state index is -0.718. The summed E-state index contributed by atoms with van der Waals surface area (Å²) < 4.78 is 31.1. The lowest BCUT2D eigenvalue weighted by Crippen LogP contribution is -2.04. The molecule has 12 nitrogen and oxygen atoms in total. The van der Waals surface area contributed by atoms with Crippen molar-refractivity contribution in [1.29, 1.82) is 0 Å². The number of nitro benzene ring substituents is 2.